The molecule has 1 aliphatic heterocycles. The normalized spacial score (nSPS) is 16.9. The maximum absolute atomic E-state index is 14.0. The zero-order chi connectivity index (χ0) is 22.2. The number of benzene rings is 2. The van der Waals surface area contributed by atoms with Gasteiger partial charge >= 0.3 is 0 Å². The minimum Gasteiger partial charge on any atom is -0.348 e. The van der Waals surface area contributed by atoms with Gasteiger partial charge in [0.1, 0.15) is 17.7 Å². The average Bonchev–Trinajstić information content (AvgIpc) is 3.21. The molecule has 0 saturated carbocycles. The van der Waals surface area contributed by atoms with Crippen LogP contribution in [-0.2, 0) is 0 Å². The van der Waals surface area contributed by atoms with Crippen LogP contribution in [0.25, 0.3) is 33.3 Å². The summed E-state index contributed by atoms with van der Waals surface area (Å²) in [5.74, 6) is 0.586. The van der Waals surface area contributed by atoms with E-state index in [-0.39, 0.29) is 11.9 Å². The molecule has 0 spiro atoms. The Morgan fingerprint density at radius 2 is 1.85 bits per heavy atom. The maximum Gasteiger partial charge on any atom is 0.182 e. The van der Waals surface area contributed by atoms with Gasteiger partial charge in [0.15, 0.2) is 11.5 Å². The number of anilines is 1. The fourth-order valence-corrected chi connectivity index (χ4v) is 4.89. The first kappa shape index (κ1) is 19.8. The smallest absolute Gasteiger partial charge is 0.182 e. The summed E-state index contributed by atoms with van der Waals surface area (Å²) < 4.78 is 14.0. The molecular formula is C26H23FN6. The van der Waals surface area contributed by atoms with Crippen LogP contribution in [-0.4, -0.2) is 31.5 Å². The van der Waals surface area contributed by atoms with Gasteiger partial charge in [-0.15, -0.1) is 0 Å². The van der Waals surface area contributed by atoms with Crippen molar-refractivity contribution < 1.29 is 4.39 Å². The Morgan fingerprint density at radius 1 is 0.939 bits per heavy atom. The van der Waals surface area contributed by atoms with Crippen molar-refractivity contribution in [2.45, 2.75) is 31.7 Å². The third-order valence-electron chi connectivity index (χ3n) is 6.44. The lowest BCUT2D eigenvalue weighted by atomic mass is 9.94. The van der Waals surface area contributed by atoms with Crippen LogP contribution in [0.2, 0.25) is 0 Å². The van der Waals surface area contributed by atoms with E-state index in [9.17, 15) is 4.39 Å². The Kier molecular flexibility index (Phi) is 4.94. The van der Waals surface area contributed by atoms with Crippen LogP contribution in [0, 0.1) is 5.82 Å². The first-order valence-corrected chi connectivity index (χ1v) is 11.3. The molecule has 3 aromatic heterocycles. The topological polar surface area (TPSA) is 70.6 Å². The van der Waals surface area contributed by atoms with E-state index in [2.05, 4.69) is 43.0 Å². The van der Waals surface area contributed by atoms with Crippen molar-refractivity contribution in [3.05, 3.63) is 78.6 Å². The number of halogens is 1. The molecular weight excluding hydrogens is 415 g/mol. The van der Waals surface area contributed by atoms with Crippen molar-refractivity contribution in [3.8, 4) is 11.3 Å². The van der Waals surface area contributed by atoms with Gasteiger partial charge in [-0.1, -0.05) is 43.2 Å². The molecule has 1 N–H and O–H groups in total. The number of fused-ring (bicyclic) bond motifs is 2. The molecule has 1 fully saturated rings. The summed E-state index contributed by atoms with van der Waals surface area (Å²) in [6.07, 6.45) is 7.60. The Balaban J connectivity index is 1.58. The Morgan fingerprint density at radius 3 is 2.76 bits per heavy atom. The summed E-state index contributed by atoms with van der Waals surface area (Å²) >= 11 is 0. The second-order valence-corrected chi connectivity index (χ2v) is 8.49. The highest BCUT2D eigenvalue weighted by molar-refractivity contribution is 5.86. The van der Waals surface area contributed by atoms with Crippen molar-refractivity contribution in [2.24, 2.45) is 0 Å². The van der Waals surface area contributed by atoms with Crippen LogP contribution in [0.4, 0.5) is 10.2 Å². The first-order chi connectivity index (χ1) is 16.3. The quantitative estimate of drug-likeness (QED) is 0.384. The van der Waals surface area contributed by atoms with Gasteiger partial charge in [-0.25, -0.2) is 24.3 Å². The Labute approximate surface area is 190 Å². The minimum atomic E-state index is -0.277. The number of aromatic amines is 1. The Bertz CT molecular complexity index is 1430. The fourth-order valence-electron chi connectivity index (χ4n) is 4.89. The van der Waals surface area contributed by atoms with E-state index < -0.39 is 0 Å². The SMILES string of the molecule is Fc1ccc2cc(C3CCCCCN3c3ncnc4nc[nH]c34)c(-c3ccccc3)nc2c1. The molecule has 0 aliphatic carbocycles. The number of nitrogens with one attached hydrogen (secondary N) is 1. The molecule has 1 unspecified atom stereocenters. The molecule has 6 nitrogen and oxygen atoms in total. The van der Waals surface area contributed by atoms with E-state index in [0.29, 0.717) is 11.2 Å². The van der Waals surface area contributed by atoms with E-state index in [1.54, 1.807) is 12.7 Å². The lowest BCUT2D eigenvalue weighted by Gasteiger charge is -2.32. The zero-order valence-electron chi connectivity index (χ0n) is 18.1. The molecule has 6 rings (SSSR count). The molecule has 4 heterocycles. The molecule has 0 amide bonds. The Hall–Kier alpha value is -3.87. The van der Waals surface area contributed by atoms with E-state index in [0.717, 1.165) is 65.8 Å². The number of imidazole rings is 1. The largest absolute Gasteiger partial charge is 0.348 e. The summed E-state index contributed by atoms with van der Waals surface area (Å²) in [7, 11) is 0. The van der Waals surface area contributed by atoms with Gasteiger partial charge in [-0.3, -0.25) is 0 Å². The van der Waals surface area contributed by atoms with Crippen LogP contribution < -0.4 is 4.90 Å². The third-order valence-corrected chi connectivity index (χ3v) is 6.44. The summed E-state index contributed by atoms with van der Waals surface area (Å²) in [4.78, 5) is 23.9. The first-order valence-electron chi connectivity index (χ1n) is 11.3. The predicted octanol–water partition coefficient (Wildman–Crippen LogP) is 5.83. The highest BCUT2D eigenvalue weighted by Crippen LogP contribution is 2.40. The summed E-state index contributed by atoms with van der Waals surface area (Å²) in [6.45, 7) is 0.880. The van der Waals surface area contributed by atoms with Gasteiger partial charge in [0.25, 0.3) is 0 Å². The van der Waals surface area contributed by atoms with Crippen LogP contribution >= 0.6 is 0 Å². The number of rotatable bonds is 3. The lowest BCUT2D eigenvalue weighted by Crippen LogP contribution is -2.30. The molecule has 1 atom stereocenters. The molecule has 5 aromatic rings. The monoisotopic (exact) mass is 438 g/mol. The molecule has 0 bridgehead atoms. The van der Waals surface area contributed by atoms with E-state index in [4.69, 9.17) is 4.98 Å². The molecule has 164 valence electrons. The molecule has 7 heteroatoms. The number of aromatic nitrogens is 5. The van der Waals surface area contributed by atoms with Gasteiger partial charge < -0.3 is 9.88 Å². The second-order valence-electron chi connectivity index (χ2n) is 8.49. The molecule has 1 saturated heterocycles. The fraction of sp³-hybridized carbons (Fsp3) is 0.231. The summed E-state index contributed by atoms with van der Waals surface area (Å²) in [5.41, 5.74) is 5.22. The van der Waals surface area contributed by atoms with Crippen LogP contribution in [0.3, 0.4) is 0 Å². The van der Waals surface area contributed by atoms with Crippen molar-refractivity contribution in [1.29, 1.82) is 0 Å². The zero-order valence-corrected chi connectivity index (χ0v) is 18.1. The van der Waals surface area contributed by atoms with E-state index in [1.165, 1.54) is 12.1 Å². The molecule has 2 aromatic carbocycles. The summed E-state index contributed by atoms with van der Waals surface area (Å²) in [5, 5.41) is 0.935. The number of H-pyrrole nitrogens is 1. The molecule has 33 heavy (non-hydrogen) atoms. The predicted molar refractivity (Wildman–Crippen MR) is 127 cm³/mol. The standard InChI is InChI=1S/C26H23FN6/c27-19-11-10-18-13-20(23(32-21(18)14-19)17-7-3-1-4-8-17)22-9-5-2-6-12-33(22)26-24-25(29-15-28-24)30-16-31-26/h1,3-4,7-8,10-11,13-16,22H,2,5-6,9,12H2,(H,28,29,30,31). The van der Waals surface area contributed by atoms with E-state index >= 15 is 0 Å². The number of hydrogen-bond acceptors (Lipinski definition) is 5. The van der Waals surface area contributed by atoms with Gasteiger partial charge in [0.05, 0.1) is 23.6 Å². The van der Waals surface area contributed by atoms with Gasteiger partial charge in [0.2, 0.25) is 0 Å². The van der Waals surface area contributed by atoms with E-state index in [1.807, 2.05) is 24.3 Å². The highest BCUT2D eigenvalue weighted by atomic mass is 19.1. The number of hydrogen-bond donors (Lipinski definition) is 1. The van der Waals surface area contributed by atoms with Gasteiger partial charge in [-0.05, 0) is 31.0 Å². The van der Waals surface area contributed by atoms with Crippen molar-refractivity contribution in [1.82, 2.24) is 24.9 Å². The maximum atomic E-state index is 14.0. The molecule has 0 radical (unpaired) electrons. The number of nitrogens with zero attached hydrogens (tertiary/aromatic N) is 5. The van der Waals surface area contributed by atoms with Crippen molar-refractivity contribution >= 4 is 27.9 Å². The second kappa shape index (κ2) is 8.24. The third kappa shape index (κ3) is 3.59. The average molecular weight is 439 g/mol. The van der Waals surface area contributed by atoms with Crippen LogP contribution in [0.5, 0.6) is 0 Å². The van der Waals surface area contributed by atoms with Crippen LogP contribution in [0.15, 0.2) is 67.3 Å². The molecule has 1 aliphatic rings. The van der Waals surface area contributed by atoms with Crippen molar-refractivity contribution in [3.63, 3.8) is 0 Å². The van der Waals surface area contributed by atoms with Crippen molar-refractivity contribution in [2.75, 3.05) is 11.4 Å². The lowest BCUT2D eigenvalue weighted by molar-refractivity contribution is 0.598. The van der Waals surface area contributed by atoms with Crippen LogP contribution in [0.1, 0.15) is 37.3 Å². The number of pyridine rings is 1. The summed E-state index contributed by atoms with van der Waals surface area (Å²) in [6, 6.07) is 17.2. The minimum absolute atomic E-state index is 0.0751. The van der Waals surface area contributed by atoms with Gasteiger partial charge in [-0.2, -0.15) is 0 Å². The van der Waals surface area contributed by atoms with Gasteiger partial charge in [0, 0.05) is 29.1 Å². The highest BCUT2D eigenvalue weighted by Gasteiger charge is 2.29.